The molecule has 4 N–H and O–H groups in total. The van der Waals surface area contributed by atoms with E-state index in [1.54, 1.807) is 0 Å². The van der Waals surface area contributed by atoms with Crippen molar-refractivity contribution in [2.45, 2.75) is 57.2 Å². The lowest BCUT2D eigenvalue weighted by Crippen LogP contribution is -2.52. The maximum absolute atomic E-state index is 11.1. The second-order valence-corrected chi connectivity index (χ2v) is 6.20. The van der Waals surface area contributed by atoms with E-state index < -0.39 is 0 Å². The topological polar surface area (TPSA) is 78.6 Å². The van der Waals surface area contributed by atoms with Crippen LogP contribution in [-0.4, -0.2) is 53.7 Å². The number of carbonyl (C=O) groups is 1. The van der Waals surface area contributed by atoms with Crippen molar-refractivity contribution in [3.05, 3.63) is 0 Å². The monoisotopic (exact) mass is 269 g/mol. The van der Waals surface area contributed by atoms with E-state index in [1.165, 1.54) is 12.8 Å². The summed E-state index contributed by atoms with van der Waals surface area (Å²) >= 11 is 0. The molecule has 5 nitrogen and oxygen atoms in total. The third-order valence-corrected chi connectivity index (χ3v) is 4.12. The second-order valence-electron chi connectivity index (χ2n) is 6.20. The highest BCUT2D eigenvalue weighted by Gasteiger charge is 2.32. The number of aliphatic hydroxyl groups excluding tert-OH is 1. The molecule has 1 saturated carbocycles. The fraction of sp³-hybridized carbons (Fsp3) is 0.929. The summed E-state index contributed by atoms with van der Waals surface area (Å²) in [5, 5.41) is 13.5. The molecule has 1 amide bonds. The third-order valence-electron chi connectivity index (χ3n) is 4.12. The van der Waals surface area contributed by atoms with E-state index in [1.807, 2.05) is 6.92 Å². The van der Waals surface area contributed by atoms with Crippen molar-refractivity contribution < 1.29 is 9.90 Å². The molecule has 0 aromatic rings. The minimum atomic E-state index is -0.262. The molecule has 1 aliphatic heterocycles. The predicted octanol–water partition coefficient (Wildman–Crippen LogP) is 0.0752. The number of piperidine rings is 1. The van der Waals surface area contributed by atoms with Gasteiger partial charge in [-0.1, -0.05) is 6.92 Å². The van der Waals surface area contributed by atoms with Crippen molar-refractivity contribution in [3.8, 4) is 0 Å². The van der Waals surface area contributed by atoms with E-state index >= 15 is 0 Å². The quantitative estimate of drug-likeness (QED) is 0.611. The summed E-state index contributed by atoms with van der Waals surface area (Å²) in [6, 6.07) is 1.12. The molecule has 3 atom stereocenters. The number of hydrogen-bond donors (Lipinski definition) is 3. The first-order valence-corrected chi connectivity index (χ1v) is 7.51. The van der Waals surface area contributed by atoms with Gasteiger partial charge < -0.3 is 16.2 Å². The molecule has 0 bridgehead atoms. The van der Waals surface area contributed by atoms with Gasteiger partial charge in [0.1, 0.15) is 0 Å². The molecule has 0 aromatic heterocycles. The highest BCUT2D eigenvalue weighted by molar-refractivity contribution is 5.75. The van der Waals surface area contributed by atoms with Crippen LogP contribution in [0, 0.1) is 5.92 Å². The first kappa shape index (κ1) is 14.8. The summed E-state index contributed by atoms with van der Waals surface area (Å²) in [6.07, 6.45) is 5.05. The fourth-order valence-electron chi connectivity index (χ4n) is 3.08. The Labute approximate surface area is 115 Å². The van der Waals surface area contributed by atoms with Crippen LogP contribution in [0.3, 0.4) is 0 Å². The van der Waals surface area contributed by atoms with E-state index in [0.717, 1.165) is 32.4 Å². The van der Waals surface area contributed by atoms with Gasteiger partial charge in [0, 0.05) is 25.2 Å². The van der Waals surface area contributed by atoms with Crippen molar-refractivity contribution >= 4 is 5.91 Å². The normalized spacial score (nSPS) is 30.2. The van der Waals surface area contributed by atoms with Gasteiger partial charge in [0.05, 0.1) is 12.6 Å². The van der Waals surface area contributed by atoms with Crippen molar-refractivity contribution in [3.63, 3.8) is 0 Å². The molecular weight excluding hydrogens is 242 g/mol. The molecule has 1 saturated heterocycles. The Bertz CT molecular complexity index is 307. The van der Waals surface area contributed by atoms with Gasteiger partial charge in [0.2, 0.25) is 5.91 Å². The third kappa shape index (κ3) is 5.09. The first-order valence-electron chi connectivity index (χ1n) is 7.51. The van der Waals surface area contributed by atoms with Crippen LogP contribution in [0.4, 0.5) is 0 Å². The summed E-state index contributed by atoms with van der Waals surface area (Å²) in [7, 11) is 0. The van der Waals surface area contributed by atoms with Gasteiger partial charge in [-0.25, -0.2) is 0 Å². The van der Waals surface area contributed by atoms with E-state index in [9.17, 15) is 9.90 Å². The van der Waals surface area contributed by atoms with Gasteiger partial charge in [-0.05, 0) is 38.0 Å². The average Bonchev–Trinajstić information content (AvgIpc) is 3.11. The number of rotatable bonds is 7. The molecule has 1 aliphatic carbocycles. The van der Waals surface area contributed by atoms with Crippen LogP contribution >= 0.6 is 0 Å². The molecule has 5 heteroatoms. The van der Waals surface area contributed by atoms with Crippen molar-refractivity contribution in [2.75, 3.05) is 19.6 Å². The number of nitrogens with one attached hydrogen (secondary N) is 1. The van der Waals surface area contributed by atoms with Gasteiger partial charge in [0.15, 0.2) is 0 Å². The van der Waals surface area contributed by atoms with Crippen LogP contribution in [0.25, 0.3) is 0 Å². The van der Waals surface area contributed by atoms with Crippen LogP contribution in [0.15, 0.2) is 0 Å². The number of nitrogens with zero attached hydrogens (tertiary/aromatic N) is 1. The minimum absolute atomic E-state index is 0.222. The van der Waals surface area contributed by atoms with Gasteiger partial charge in [0.25, 0.3) is 0 Å². The van der Waals surface area contributed by atoms with E-state index in [-0.39, 0.29) is 12.0 Å². The lowest BCUT2D eigenvalue weighted by molar-refractivity contribution is -0.119. The largest absolute Gasteiger partial charge is 0.393 e. The minimum Gasteiger partial charge on any atom is -0.393 e. The first-order chi connectivity index (χ1) is 9.06. The Hall–Kier alpha value is -0.650. The molecule has 1 heterocycles. The lowest BCUT2D eigenvalue weighted by Gasteiger charge is -2.38. The van der Waals surface area contributed by atoms with E-state index in [2.05, 4.69) is 10.2 Å². The van der Waals surface area contributed by atoms with E-state index in [0.29, 0.717) is 24.5 Å². The SMILES string of the molecule is CCC(O)CC1CC(NC2CC2)CN(CC(N)=O)C1. The fourth-order valence-corrected chi connectivity index (χ4v) is 3.08. The van der Waals surface area contributed by atoms with Crippen LogP contribution in [0.2, 0.25) is 0 Å². The Morgan fingerprint density at radius 1 is 1.42 bits per heavy atom. The lowest BCUT2D eigenvalue weighted by atomic mass is 9.88. The summed E-state index contributed by atoms with van der Waals surface area (Å²) in [5.41, 5.74) is 5.30. The number of likely N-dealkylation sites (tertiary alicyclic amines) is 1. The summed E-state index contributed by atoms with van der Waals surface area (Å²) < 4.78 is 0. The molecule has 0 spiro atoms. The number of aliphatic hydroxyl groups is 1. The number of hydrogen-bond acceptors (Lipinski definition) is 4. The standard InChI is InChI=1S/C14H27N3O2/c1-2-13(18)6-10-5-12(16-11-3-4-11)8-17(7-10)9-14(15)19/h10-13,16,18H,2-9H2,1H3,(H2,15,19). The number of amides is 1. The number of carbonyl (C=O) groups excluding carboxylic acids is 1. The Kier molecular flexibility index (Phi) is 5.19. The molecular formula is C14H27N3O2. The molecule has 0 radical (unpaired) electrons. The van der Waals surface area contributed by atoms with Crippen LogP contribution in [-0.2, 0) is 4.79 Å². The molecule has 110 valence electrons. The zero-order valence-corrected chi connectivity index (χ0v) is 11.8. The highest BCUT2D eigenvalue weighted by atomic mass is 16.3. The van der Waals surface area contributed by atoms with Gasteiger partial charge in [-0.2, -0.15) is 0 Å². The van der Waals surface area contributed by atoms with Crippen molar-refractivity contribution in [1.29, 1.82) is 0 Å². The van der Waals surface area contributed by atoms with Crippen LogP contribution < -0.4 is 11.1 Å². The van der Waals surface area contributed by atoms with Crippen LogP contribution in [0.5, 0.6) is 0 Å². The number of nitrogens with two attached hydrogens (primary N) is 1. The number of primary amides is 1. The van der Waals surface area contributed by atoms with Crippen LogP contribution in [0.1, 0.15) is 39.0 Å². The summed E-state index contributed by atoms with van der Waals surface area (Å²) in [5.74, 6) is 0.196. The molecule has 2 aliphatic rings. The van der Waals surface area contributed by atoms with Gasteiger partial charge in [-0.3, -0.25) is 9.69 Å². The summed E-state index contributed by atoms with van der Waals surface area (Å²) in [6.45, 7) is 4.12. The maximum atomic E-state index is 11.1. The smallest absolute Gasteiger partial charge is 0.231 e. The highest BCUT2D eigenvalue weighted by Crippen LogP contribution is 2.26. The average molecular weight is 269 g/mol. The van der Waals surface area contributed by atoms with Gasteiger partial charge >= 0.3 is 0 Å². The van der Waals surface area contributed by atoms with E-state index in [4.69, 9.17) is 5.73 Å². The zero-order chi connectivity index (χ0) is 13.8. The Morgan fingerprint density at radius 3 is 2.74 bits per heavy atom. The molecule has 2 fully saturated rings. The zero-order valence-electron chi connectivity index (χ0n) is 11.8. The molecule has 3 unspecified atom stereocenters. The Morgan fingerprint density at radius 2 is 2.16 bits per heavy atom. The van der Waals surface area contributed by atoms with Gasteiger partial charge in [-0.15, -0.1) is 0 Å². The Balaban J connectivity index is 1.87. The maximum Gasteiger partial charge on any atom is 0.231 e. The summed E-state index contributed by atoms with van der Waals surface area (Å²) in [4.78, 5) is 13.2. The van der Waals surface area contributed by atoms with Crippen molar-refractivity contribution in [2.24, 2.45) is 11.7 Å². The van der Waals surface area contributed by atoms with Crippen molar-refractivity contribution in [1.82, 2.24) is 10.2 Å². The molecule has 0 aromatic carbocycles. The molecule has 19 heavy (non-hydrogen) atoms. The second kappa shape index (κ2) is 6.68. The molecule has 2 rings (SSSR count). The predicted molar refractivity (Wildman–Crippen MR) is 74.6 cm³/mol.